The van der Waals surface area contributed by atoms with E-state index in [1.165, 1.54) is 0 Å². The highest BCUT2D eigenvalue weighted by molar-refractivity contribution is 5.89. The molecule has 3 N–H and O–H groups in total. The Balaban J connectivity index is 2.38. The SMILES string of the molecule is O=C(O)c1ccccc1C1NCCC1O. The van der Waals surface area contributed by atoms with Gasteiger partial charge in [-0.15, -0.1) is 0 Å². The molecule has 1 fully saturated rings. The molecule has 80 valence electrons. The summed E-state index contributed by atoms with van der Waals surface area (Å²) in [6.45, 7) is 0.722. The second kappa shape index (κ2) is 4.00. The zero-order chi connectivity index (χ0) is 10.8. The Morgan fingerprint density at radius 3 is 2.73 bits per heavy atom. The molecule has 4 heteroatoms. The maximum absolute atomic E-state index is 11.0. The summed E-state index contributed by atoms with van der Waals surface area (Å²) in [5.41, 5.74) is 0.922. The third-order valence-corrected chi connectivity index (χ3v) is 2.72. The zero-order valence-electron chi connectivity index (χ0n) is 8.18. The van der Waals surface area contributed by atoms with Crippen LogP contribution in [0.4, 0.5) is 0 Å². The zero-order valence-corrected chi connectivity index (χ0v) is 8.18. The van der Waals surface area contributed by atoms with Crippen molar-refractivity contribution in [2.24, 2.45) is 0 Å². The highest BCUT2D eigenvalue weighted by atomic mass is 16.4. The molecule has 4 nitrogen and oxygen atoms in total. The van der Waals surface area contributed by atoms with E-state index in [2.05, 4.69) is 5.32 Å². The molecule has 1 heterocycles. The molecule has 0 spiro atoms. The number of benzene rings is 1. The molecule has 1 aromatic rings. The summed E-state index contributed by atoms with van der Waals surface area (Å²) in [5.74, 6) is -0.952. The first kappa shape index (κ1) is 10.1. The van der Waals surface area contributed by atoms with Crippen LogP contribution >= 0.6 is 0 Å². The first-order chi connectivity index (χ1) is 7.20. The van der Waals surface area contributed by atoms with Crippen molar-refractivity contribution in [2.75, 3.05) is 6.54 Å². The van der Waals surface area contributed by atoms with E-state index in [1.54, 1.807) is 24.3 Å². The second-order valence-electron chi connectivity index (χ2n) is 3.68. The van der Waals surface area contributed by atoms with Crippen molar-refractivity contribution in [3.63, 3.8) is 0 Å². The van der Waals surface area contributed by atoms with Crippen LogP contribution in [0.1, 0.15) is 28.4 Å². The maximum atomic E-state index is 11.0. The van der Waals surface area contributed by atoms with Gasteiger partial charge in [-0.2, -0.15) is 0 Å². The molecule has 0 saturated carbocycles. The summed E-state index contributed by atoms with van der Waals surface area (Å²) in [6, 6.07) is 6.53. The molecule has 1 saturated heterocycles. The largest absolute Gasteiger partial charge is 0.478 e. The lowest BCUT2D eigenvalue weighted by Gasteiger charge is -2.17. The molecule has 0 amide bonds. The minimum absolute atomic E-state index is 0.253. The van der Waals surface area contributed by atoms with Crippen LogP contribution in [-0.4, -0.2) is 28.8 Å². The lowest BCUT2D eigenvalue weighted by Crippen LogP contribution is -2.23. The molecular formula is C11H13NO3. The number of rotatable bonds is 2. The lowest BCUT2D eigenvalue weighted by atomic mass is 9.97. The van der Waals surface area contributed by atoms with Crippen molar-refractivity contribution in [2.45, 2.75) is 18.6 Å². The van der Waals surface area contributed by atoms with Gasteiger partial charge in [0.15, 0.2) is 0 Å². The molecule has 2 atom stereocenters. The van der Waals surface area contributed by atoms with Gasteiger partial charge in [0.1, 0.15) is 0 Å². The lowest BCUT2D eigenvalue weighted by molar-refractivity contribution is 0.0693. The van der Waals surface area contributed by atoms with Gasteiger partial charge in [-0.3, -0.25) is 0 Å². The van der Waals surface area contributed by atoms with Gasteiger partial charge in [0, 0.05) is 0 Å². The van der Waals surface area contributed by atoms with Crippen LogP contribution in [0.3, 0.4) is 0 Å². The predicted octanol–water partition coefficient (Wildman–Crippen LogP) is 0.780. The Labute approximate surface area is 87.6 Å². The first-order valence-corrected chi connectivity index (χ1v) is 4.94. The van der Waals surface area contributed by atoms with Crippen molar-refractivity contribution in [1.82, 2.24) is 5.32 Å². The van der Waals surface area contributed by atoms with Crippen LogP contribution < -0.4 is 5.32 Å². The molecular weight excluding hydrogens is 194 g/mol. The van der Waals surface area contributed by atoms with Gasteiger partial charge in [-0.05, 0) is 24.6 Å². The van der Waals surface area contributed by atoms with E-state index in [4.69, 9.17) is 5.11 Å². The number of aliphatic hydroxyl groups excluding tert-OH is 1. The quantitative estimate of drug-likeness (QED) is 0.670. The third-order valence-electron chi connectivity index (χ3n) is 2.72. The fourth-order valence-electron chi connectivity index (χ4n) is 1.97. The summed E-state index contributed by atoms with van der Waals surface area (Å²) in [7, 11) is 0. The molecule has 15 heavy (non-hydrogen) atoms. The predicted molar refractivity (Wildman–Crippen MR) is 54.8 cm³/mol. The van der Waals surface area contributed by atoms with Gasteiger partial charge in [0.05, 0.1) is 17.7 Å². The van der Waals surface area contributed by atoms with Crippen LogP contribution in [0.2, 0.25) is 0 Å². The van der Waals surface area contributed by atoms with E-state index in [-0.39, 0.29) is 11.6 Å². The maximum Gasteiger partial charge on any atom is 0.336 e. The topological polar surface area (TPSA) is 69.6 Å². The number of carbonyl (C=O) groups is 1. The summed E-state index contributed by atoms with van der Waals surface area (Å²) in [6.07, 6.45) is 0.170. The van der Waals surface area contributed by atoms with E-state index in [9.17, 15) is 9.90 Å². The Morgan fingerprint density at radius 2 is 2.13 bits per heavy atom. The Bertz CT molecular complexity index is 378. The monoisotopic (exact) mass is 207 g/mol. The molecule has 1 aliphatic heterocycles. The van der Waals surface area contributed by atoms with Crippen molar-refractivity contribution in [3.05, 3.63) is 35.4 Å². The van der Waals surface area contributed by atoms with Gasteiger partial charge in [0.25, 0.3) is 0 Å². The molecule has 0 bridgehead atoms. The Hall–Kier alpha value is -1.39. The second-order valence-corrected chi connectivity index (χ2v) is 3.68. The van der Waals surface area contributed by atoms with E-state index in [1.807, 2.05) is 0 Å². The minimum atomic E-state index is -0.952. The number of hydrogen-bond acceptors (Lipinski definition) is 3. The Kier molecular flexibility index (Phi) is 2.70. The molecule has 1 aromatic carbocycles. The number of aliphatic hydroxyl groups is 1. The van der Waals surface area contributed by atoms with E-state index in [0.717, 1.165) is 6.54 Å². The number of hydrogen-bond donors (Lipinski definition) is 3. The van der Waals surface area contributed by atoms with E-state index < -0.39 is 12.1 Å². The van der Waals surface area contributed by atoms with Crippen LogP contribution in [0.25, 0.3) is 0 Å². The summed E-state index contributed by atoms with van der Waals surface area (Å²) >= 11 is 0. The standard InChI is InChI=1S/C11H13NO3/c13-9-5-6-12-10(9)7-3-1-2-4-8(7)11(14)15/h1-4,9-10,12-13H,5-6H2,(H,14,15). The average molecular weight is 207 g/mol. The average Bonchev–Trinajstić information content (AvgIpc) is 2.64. The molecule has 2 unspecified atom stereocenters. The van der Waals surface area contributed by atoms with E-state index >= 15 is 0 Å². The highest BCUT2D eigenvalue weighted by Gasteiger charge is 2.28. The minimum Gasteiger partial charge on any atom is -0.478 e. The summed E-state index contributed by atoms with van der Waals surface area (Å²) in [5, 5.41) is 21.8. The van der Waals surface area contributed by atoms with Crippen LogP contribution in [-0.2, 0) is 0 Å². The van der Waals surface area contributed by atoms with E-state index in [0.29, 0.717) is 12.0 Å². The summed E-state index contributed by atoms with van der Waals surface area (Å²) < 4.78 is 0. The van der Waals surface area contributed by atoms with Crippen LogP contribution in [0.5, 0.6) is 0 Å². The van der Waals surface area contributed by atoms with Gasteiger partial charge < -0.3 is 15.5 Å². The smallest absolute Gasteiger partial charge is 0.336 e. The van der Waals surface area contributed by atoms with Gasteiger partial charge in [0.2, 0.25) is 0 Å². The molecule has 0 aliphatic carbocycles. The Morgan fingerprint density at radius 1 is 1.40 bits per heavy atom. The van der Waals surface area contributed by atoms with Crippen molar-refractivity contribution in [1.29, 1.82) is 0 Å². The van der Waals surface area contributed by atoms with Gasteiger partial charge in [-0.25, -0.2) is 4.79 Å². The summed E-state index contributed by atoms with van der Waals surface area (Å²) in [4.78, 5) is 11.0. The number of carboxylic acids is 1. The van der Waals surface area contributed by atoms with Gasteiger partial charge >= 0.3 is 5.97 Å². The van der Waals surface area contributed by atoms with Crippen molar-refractivity contribution >= 4 is 5.97 Å². The highest BCUT2D eigenvalue weighted by Crippen LogP contribution is 2.26. The van der Waals surface area contributed by atoms with Crippen LogP contribution in [0.15, 0.2) is 24.3 Å². The van der Waals surface area contributed by atoms with Crippen molar-refractivity contribution in [3.8, 4) is 0 Å². The molecule has 2 rings (SSSR count). The molecule has 0 aromatic heterocycles. The van der Waals surface area contributed by atoms with Crippen molar-refractivity contribution < 1.29 is 15.0 Å². The number of aromatic carboxylic acids is 1. The van der Waals surface area contributed by atoms with Gasteiger partial charge in [-0.1, -0.05) is 18.2 Å². The first-order valence-electron chi connectivity index (χ1n) is 4.94. The third kappa shape index (κ3) is 1.86. The number of nitrogens with one attached hydrogen (secondary N) is 1. The molecule has 1 aliphatic rings. The number of carboxylic acid groups (broad SMARTS) is 1. The normalized spacial score (nSPS) is 25.4. The van der Waals surface area contributed by atoms with Crippen LogP contribution in [0, 0.1) is 0 Å². The fraction of sp³-hybridized carbons (Fsp3) is 0.364. The fourth-order valence-corrected chi connectivity index (χ4v) is 1.97. The molecule has 0 radical (unpaired) electrons.